The maximum Gasteiger partial charge on any atom is 0.338 e. The maximum atomic E-state index is 13.2. The van der Waals surface area contributed by atoms with Crippen LogP contribution in [0.3, 0.4) is 0 Å². The zero-order chi connectivity index (χ0) is 25.4. The van der Waals surface area contributed by atoms with Gasteiger partial charge in [0.2, 0.25) is 5.91 Å². The van der Waals surface area contributed by atoms with Crippen molar-refractivity contribution < 1.29 is 14.3 Å². The number of aryl methyl sites for hydroxylation is 2. The second-order valence-electron chi connectivity index (χ2n) is 8.40. The predicted octanol–water partition coefficient (Wildman–Crippen LogP) is 5.80. The number of carbonyl (C=O) groups is 2. The molecule has 1 N–H and O–H groups in total. The molecule has 5 rings (SSSR count). The van der Waals surface area contributed by atoms with Crippen molar-refractivity contribution >= 4 is 66.9 Å². The average Bonchev–Trinajstić information content (AvgIpc) is 3.45. The van der Waals surface area contributed by atoms with E-state index in [1.807, 2.05) is 23.5 Å². The normalized spacial score (nSPS) is 12.3. The molecule has 0 aliphatic heterocycles. The van der Waals surface area contributed by atoms with E-state index < -0.39 is 0 Å². The van der Waals surface area contributed by atoms with Gasteiger partial charge in [0.05, 0.1) is 33.2 Å². The van der Waals surface area contributed by atoms with Gasteiger partial charge in [0.15, 0.2) is 15.9 Å². The number of esters is 1. The number of rotatable bonds is 7. The Morgan fingerprint density at radius 1 is 1.11 bits per heavy atom. The summed E-state index contributed by atoms with van der Waals surface area (Å²) in [5.41, 5.74) is 5.25. The van der Waals surface area contributed by atoms with Crippen LogP contribution < -0.4 is 5.32 Å². The lowest BCUT2D eigenvalue weighted by atomic mass is 10.1. The summed E-state index contributed by atoms with van der Waals surface area (Å²) >= 11 is 2.72. The first-order valence-electron chi connectivity index (χ1n) is 11.7. The van der Waals surface area contributed by atoms with E-state index in [-0.39, 0.29) is 17.1 Å². The summed E-state index contributed by atoms with van der Waals surface area (Å²) in [6.45, 7) is 8.19. The highest BCUT2D eigenvalue weighted by Gasteiger charge is 2.23. The summed E-state index contributed by atoms with van der Waals surface area (Å²) in [4.78, 5) is 29.8. The molecule has 0 radical (unpaired) electrons. The topological polar surface area (TPSA) is 98.5 Å². The van der Waals surface area contributed by atoms with Crippen LogP contribution in [0.15, 0.2) is 47.6 Å². The van der Waals surface area contributed by atoms with E-state index in [0.717, 1.165) is 32.4 Å². The van der Waals surface area contributed by atoms with Crippen LogP contribution in [-0.4, -0.2) is 43.3 Å². The summed E-state index contributed by atoms with van der Waals surface area (Å²) in [6, 6.07) is 13.4. The number of carbonyl (C=O) groups excluding carboxylic acids is 2. The molecule has 1 amide bonds. The molecule has 8 nitrogen and oxygen atoms in total. The van der Waals surface area contributed by atoms with Crippen LogP contribution in [-0.2, 0) is 9.53 Å². The van der Waals surface area contributed by atoms with Gasteiger partial charge >= 0.3 is 5.97 Å². The molecule has 2 aromatic carbocycles. The maximum absolute atomic E-state index is 13.2. The molecule has 0 saturated heterocycles. The molecule has 0 bridgehead atoms. The minimum atomic E-state index is -0.389. The smallest absolute Gasteiger partial charge is 0.338 e. The number of hydrogen-bond donors (Lipinski definition) is 1. The number of hydrogen-bond acceptors (Lipinski definition) is 8. The number of ether oxygens (including phenoxy) is 1. The van der Waals surface area contributed by atoms with Gasteiger partial charge in [-0.3, -0.25) is 9.20 Å². The fraction of sp³-hybridized carbons (Fsp3) is 0.269. The zero-order valence-corrected chi connectivity index (χ0v) is 22.0. The third-order valence-corrected chi connectivity index (χ3v) is 8.17. The number of amides is 1. The zero-order valence-electron chi connectivity index (χ0n) is 20.4. The first kappa shape index (κ1) is 24.2. The van der Waals surface area contributed by atoms with E-state index in [4.69, 9.17) is 4.74 Å². The van der Waals surface area contributed by atoms with Gasteiger partial charge in [0, 0.05) is 5.39 Å². The van der Waals surface area contributed by atoms with Gasteiger partial charge in [-0.15, -0.1) is 10.2 Å². The highest BCUT2D eigenvalue weighted by Crippen LogP contribution is 2.32. The summed E-state index contributed by atoms with van der Waals surface area (Å²) in [7, 11) is 0. The molecule has 1 unspecified atom stereocenters. The van der Waals surface area contributed by atoms with Crippen molar-refractivity contribution in [3.63, 3.8) is 0 Å². The second kappa shape index (κ2) is 9.87. The van der Waals surface area contributed by atoms with Crippen LogP contribution in [0.2, 0.25) is 0 Å². The highest BCUT2D eigenvalue weighted by molar-refractivity contribution is 8.00. The molecule has 0 spiro atoms. The van der Waals surface area contributed by atoms with Crippen molar-refractivity contribution in [1.82, 2.24) is 19.6 Å². The number of thioether (sulfide) groups is 1. The van der Waals surface area contributed by atoms with Crippen LogP contribution in [0.1, 0.15) is 41.8 Å². The first-order valence-corrected chi connectivity index (χ1v) is 13.4. The molecule has 3 heterocycles. The molecule has 1 atom stereocenters. The Morgan fingerprint density at radius 2 is 1.94 bits per heavy atom. The number of nitrogens with zero attached hydrogens (tertiary/aromatic N) is 4. The number of fused-ring (bicyclic) bond motifs is 4. The average molecular weight is 520 g/mol. The van der Waals surface area contributed by atoms with E-state index >= 15 is 0 Å². The molecule has 5 aromatic rings. The van der Waals surface area contributed by atoms with Crippen molar-refractivity contribution in [2.24, 2.45) is 0 Å². The molecule has 10 heteroatoms. The standard InChI is InChI=1S/C26H25N5O3S2/c1-5-19(23(32)28-25-27-18-11-10-16(13-20(18)35-25)24(33)34-6-2)36-26-30-29-21-12-15(4)17-9-7-8-14(3)22(17)31(21)26/h7-13,19H,5-6H2,1-4H3,(H,27,28,32). The molecular weight excluding hydrogens is 494 g/mol. The van der Waals surface area contributed by atoms with Crippen molar-refractivity contribution in [1.29, 1.82) is 0 Å². The quantitative estimate of drug-likeness (QED) is 0.214. The molecule has 0 aliphatic carbocycles. The van der Waals surface area contributed by atoms with Crippen molar-refractivity contribution in [2.45, 2.75) is 44.5 Å². The third kappa shape index (κ3) is 4.42. The van der Waals surface area contributed by atoms with E-state index in [0.29, 0.717) is 34.4 Å². The number of aromatic nitrogens is 4. The van der Waals surface area contributed by atoms with Crippen LogP contribution in [0, 0.1) is 13.8 Å². The Kier molecular flexibility index (Phi) is 6.63. The largest absolute Gasteiger partial charge is 0.462 e. The minimum Gasteiger partial charge on any atom is -0.462 e. The van der Waals surface area contributed by atoms with Gasteiger partial charge in [-0.25, -0.2) is 9.78 Å². The Labute approximate surface area is 216 Å². The van der Waals surface area contributed by atoms with Gasteiger partial charge in [-0.05, 0) is 62.6 Å². The summed E-state index contributed by atoms with van der Waals surface area (Å²) < 4.78 is 7.91. The molecule has 0 saturated carbocycles. The fourth-order valence-corrected chi connectivity index (χ4v) is 6.03. The summed E-state index contributed by atoms with van der Waals surface area (Å²) in [6.07, 6.45) is 0.603. The number of anilines is 1. The number of pyridine rings is 1. The van der Waals surface area contributed by atoms with Crippen LogP contribution >= 0.6 is 23.1 Å². The molecule has 36 heavy (non-hydrogen) atoms. The number of thiazole rings is 1. The Bertz CT molecular complexity index is 1620. The van der Waals surface area contributed by atoms with Crippen molar-refractivity contribution in [2.75, 3.05) is 11.9 Å². The monoisotopic (exact) mass is 519 g/mol. The molecule has 3 aromatic heterocycles. The highest BCUT2D eigenvalue weighted by atomic mass is 32.2. The fourth-order valence-electron chi connectivity index (χ4n) is 4.16. The van der Waals surface area contributed by atoms with E-state index in [9.17, 15) is 9.59 Å². The van der Waals surface area contributed by atoms with E-state index in [1.54, 1.807) is 25.1 Å². The van der Waals surface area contributed by atoms with Crippen LogP contribution in [0.25, 0.3) is 26.8 Å². The first-order chi connectivity index (χ1) is 17.4. The van der Waals surface area contributed by atoms with Crippen molar-refractivity contribution in [3.8, 4) is 0 Å². The Balaban J connectivity index is 1.41. The number of benzene rings is 2. The Hall–Kier alpha value is -3.50. The summed E-state index contributed by atoms with van der Waals surface area (Å²) in [5, 5.41) is 13.7. The van der Waals surface area contributed by atoms with Gasteiger partial charge in [-0.2, -0.15) is 0 Å². The lowest BCUT2D eigenvalue weighted by molar-refractivity contribution is -0.115. The lowest BCUT2D eigenvalue weighted by Gasteiger charge is -2.14. The van der Waals surface area contributed by atoms with Gasteiger partial charge in [0.1, 0.15) is 0 Å². The lowest BCUT2D eigenvalue weighted by Crippen LogP contribution is -2.24. The minimum absolute atomic E-state index is 0.155. The Morgan fingerprint density at radius 3 is 2.72 bits per heavy atom. The van der Waals surface area contributed by atoms with Gasteiger partial charge in [0.25, 0.3) is 0 Å². The molecule has 0 fully saturated rings. The van der Waals surface area contributed by atoms with Crippen molar-refractivity contribution in [3.05, 3.63) is 59.2 Å². The van der Waals surface area contributed by atoms with Crippen LogP contribution in [0.5, 0.6) is 0 Å². The predicted molar refractivity (Wildman–Crippen MR) is 144 cm³/mol. The third-order valence-electron chi connectivity index (χ3n) is 5.93. The van der Waals surface area contributed by atoms with Gasteiger partial charge < -0.3 is 10.1 Å². The number of para-hydroxylation sites is 1. The molecular formula is C26H25N5O3S2. The van der Waals surface area contributed by atoms with Crippen LogP contribution in [0.4, 0.5) is 5.13 Å². The molecule has 0 aliphatic rings. The SMILES string of the molecule is CCOC(=O)c1ccc2nc(NC(=O)C(CC)Sc3nnc4cc(C)c5cccc(C)c5n34)sc2c1. The molecule has 184 valence electrons. The summed E-state index contributed by atoms with van der Waals surface area (Å²) in [5.74, 6) is -0.531. The number of nitrogens with one attached hydrogen (secondary N) is 1. The van der Waals surface area contributed by atoms with Gasteiger partial charge in [-0.1, -0.05) is 48.2 Å². The van der Waals surface area contributed by atoms with E-state index in [1.165, 1.54) is 23.1 Å². The second-order valence-corrected chi connectivity index (χ2v) is 10.6. The van der Waals surface area contributed by atoms with E-state index in [2.05, 4.69) is 46.5 Å².